The first kappa shape index (κ1) is 9.55. The molecule has 0 saturated heterocycles. The molecule has 0 aromatic carbocycles. The van der Waals surface area contributed by atoms with E-state index in [0.717, 1.165) is 0 Å². The van der Waals surface area contributed by atoms with Gasteiger partial charge in [0.25, 0.3) is 0 Å². The van der Waals surface area contributed by atoms with Crippen LogP contribution in [0.2, 0.25) is 0 Å². The lowest BCUT2D eigenvalue weighted by molar-refractivity contribution is -0.0285. The minimum Gasteiger partial charge on any atom is -0.499 e. The molecule has 0 radical (unpaired) electrons. The second kappa shape index (κ2) is 3.92. The van der Waals surface area contributed by atoms with Gasteiger partial charge in [-0.1, -0.05) is 13.8 Å². The smallest absolute Gasteiger partial charge is 0.114 e. The highest BCUT2D eigenvalue weighted by Gasteiger charge is 2.29. The van der Waals surface area contributed by atoms with E-state index in [-0.39, 0.29) is 18.4 Å². The highest BCUT2D eigenvalue weighted by Crippen LogP contribution is 2.21. The summed E-state index contributed by atoms with van der Waals surface area (Å²) >= 11 is 0. The SMILES string of the molecule is CC(C)[C@@H](O)[C@H]1C=COC[C@@H]1O. The van der Waals surface area contributed by atoms with Gasteiger partial charge in [0.2, 0.25) is 0 Å². The van der Waals surface area contributed by atoms with Crippen LogP contribution >= 0.6 is 0 Å². The largest absolute Gasteiger partial charge is 0.499 e. The Morgan fingerprint density at radius 3 is 2.67 bits per heavy atom. The maximum absolute atomic E-state index is 9.65. The van der Waals surface area contributed by atoms with Crippen molar-refractivity contribution in [2.45, 2.75) is 26.1 Å². The van der Waals surface area contributed by atoms with E-state index in [2.05, 4.69) is 0 Å². The Morgan fingerprint density at radius 1 is 1.50 bits per heavy atom. The summed E-state index contributed by atoms with van der Waals surface area (Å²) in [5.41, 5.74) is 0. The molecule has 1 aliphatic rings. The van der Waals surface area contributed by atoms with Gasteiger partial charge in [-0.05, 0) is 12.0 Å². The van der Waals surface area contributed by atoms with Crippen molar-refractivity contribution in [1.29, 1.82) is 0 Å². The molecule has 0 fully saturated rings. The van der Waals surface area contributed by atoms with Crippen molar-refractivity contribution in [3.05, 3.63) is 12.3 Å². The predicted octanol–water partition coefficient (Wildman–Crippen LogP) is 0.524. The van der Waals surface area contributed by atoms with E-state index in [1.54, 1.807) is 12.3 Å². The number of hydrogen-bond acceptors (Lipinski definition) is 3. The zero-order valence-corrected chi connectivity index (χ0v) is 7.47. The van der Waals surface area contributed by atoms with Crippen molar-refractivity contribution in [2.75, 3.05) is 6.61 Å². The molecule has 3 atom stereocenters. The van der Waals surface area contributed by atoms with Crippen LogP contribution in [0.25, 0.3) is 0 Å². The number of rotatable bonds is 2. The van der Waals surface area contributed by atoms with Crippen LogP contribution in [0.1, 0.15) is 13.8 Å². The van der Waals surface area contributed by atoms with Gasteiger partial charge in [0, 0.05) is 5.92 Å². The molecule has 1 heterocycles. The third-order valence-corrected chi connectivity index (χ3v) is 2.19. The number of hydrogen-bond donors (Lipinski definition) is 2. The third kappa shape index (κ3) is 1.99. The molecular formula is C9H16O3. The lowest BCUT2D eigenvalue weighted by atomic mass is 9.88. The van der Waals surface area contributed by atoms with Crippen molar-refractivity contribution < 1.29 is 14.9 Å². The van der Waals surface area contributed by atoms with Crippen molar-refractivity contribution in [3.63, 3.8) is 0 Å². The minimum atomic E-state index is -0.576. The number of ether oxygens (including phenoxy) is 1. The van der Waals surface area contributed by atoms with Crippen LogP contribution in [0.3, 0.4) is 0 Å². The minimum absolute atomic E-state index is 0.160. The van der Waals surface area contributed by atoms with Crippen LogP contribution in [0, 0.1) is 11.8 Å². The average Bonchev–Trinajstić information content (AvgIpc) is 2.04. The zero-order valence-electron chi connectivity index (χ0n) is 7.47. The maximum atomic E-state index is 9.65. The maximum Gasteiger partial charge on any atom is 0.114 e. The van der Waals surface area contributed by atoms with Crippen LogP contribution in [-0.2, 0) is 4.74 Å². The van der Waals surface area contributed by atoms with Gasteiger partial charge in [0.1, 0.15) is 6.61 Å². The van der Waals surface area contributed by atoms with Gasteiger partial charge in [-0.25, -0.2) is 0 Å². The summed E-state index contributed by atoms with van der Waals surface area (Å²) in [6, 6.07) is 0. The van der Waals surface area contributed by atoms with Gasteiger partial charge in [-0.3, -0.25) is 0 Å². The van der Waals surface area contributed by atoms with E-state index >= 15 is 0 Å². The van der Waals surface area contributed by atoms with Crippen LogP contribution in [0.5, 0.6) is 0 Å². The summed E-state index contributed by atoms with van der Waals surface area (Å²) in [7, 11) is 0. The molecule has 2 N–H and O–H groups in total. The first-order chi connectivity index (χ1) is 5.63. The molecule has 70 valence electrons. The molecule has 0 bridgehead atoms. The molecule has 3 heteroatoms. The Hall–Kier alpha value is -0.540. The standard InChI is InChI=1S/C9H16O3/c1-6(2)9(11)7-3-4-12-5-8(7)10/h3-4,6-11H,5H2,1-2H3/t7-,8-,9+/m0/s1. The first-order valence-corrected chi connectivity index (χ1v) is 4.27. The monoisotopic (exact) mass is 172 g/mol. The van der Waals surface area contributed by atoms with Gasteiger partial charge in [0.15, 0.2) is 0 Å². The van der Waals surface area contributed by atoms with Crippen LogP contribution < -0.4 is 0 Å². The normalized spacial score (nSPS) is 31.8. The summed E-state index contributed by atoms with van der Waals surface area (Å²) in [5.74, 6) is -0.0221. The van der Waals surface area contributed by atoms with E-state index in [0.29, 0.717) is 0 Å². The van der Waals surface area contributed by atoms with Crippen molar-refractivity contribution >= 4 is 0 Å². The molecule has 0 aromatic heterocycles. The molecule has 12 heavy (non-hydrogen) atoms. The van der Waals surface area contributed by atoms with E-state index < -0.39 is 12.2 Å². The highest BCUT2D eigenvalue weighted by molar-refractivity contribution is 4.96. The molecule has 0 unspecified atom stereocenters. The van der Waals surface area contributed by atoms with Gasteiger partial charge >= 0.3 is 0 Å². The Morgan fingerprint density at radius 2 is 2.17 bits per heavy atom. The van der Waals surface area contributed by atoms with E-state index in [9.17, 15) is 10.2 Å². The van der Waals surface area contributed by atoms with Crippen molar-refractivity contribution in [2.24, 2.45) is 11.8 Å². The fraction of sp³-hybridized carbons (Fsp3) is 0.778. The van der Waals surface area contributed by atoms with Crippen molar-refractivity contribution in [1.82, 2.24) is 0 Å². The zero-order chi connectivity index (χ0) is 9.14. The van der Waals surface area contributed by atoms with Gasteiger partial charge in [-0.2, -0.15) is 0 Å². The second-order valence-corrected chi connectivity index (χ2v) is 3.54. The van der Waals surface area contributed by atoms with E-state index in [1.165, 1.54) is 0 Å². The molecule has 3 nitrogen and oxygen atoms in total. The van der Waals surface area contributed by atoms with Crippen LogP contribution in [0.4, 0.5) is 0 Å². The molecule has 0 amide bonds. The fourth-order valence-corrected chi connectivity index (χ4v) is 1.33. The molecule has 0 aliphatic carbocycles. The van der Waals surface area contributed by atoms with Gasteiger partial charge in [0.05, 0.1) is 18.5 Å². The molecule has 0 saturated carbocycles. The Kier molecular flexibility index (Phi) is 3.12. The Balaban J connectivity index is 2.59. The number of aliphatic hydroxyl groups is 2. The van der Waals surface area contributed by atoms with Crippen LogP contribution in [-0.4, -0.2) is 29.0 Å². The first-order valence-electron chi connectivity index (χ1n) is 4.27. The number of aliphatic hydroxyl groups excluding tert-OH is 2. The molecule has 1 aliphatic heterocycles. The lowest BCUT2D eigenvalue weighted by Crippen LogP contribution is -2.38. The van der Waals surface area contributed by atoms with E-state index in [1.807, 2.05) is 13.8 Å². The molecule has 1 rings (SSSR count). The molecular weight excluding hydrogens is 156 g/mol. The lowest BCUT2D eigenvalue weighted by Gasteiger charge is -2.29. The summed E-state index contributed by atoms with van der Waals surface area (Å²) in [6.45, 7) is 4.15. The van der Waals surface area contributed by atoms with Crippen molar-refractivity contribution in [3.8, 4) is 0 Å². The molecule has 0 aromatic rings. The fourth-order valence-electron chi connectivity index (χ4n) is 1.33. The Labute approximate surface area is 72.7 Å². The second-order valence-electron chi connectivity index (χ2n) is 3.54. The third-order valence-electron chi connectivity index (χ3n) is 2.19. The Bertz CT molecular complexity index is 165. The van der Waals surface area contributed by atoms with Gasteiger partial charge < -0.3 is 14.9 Å². The topological polar surface area (TPSA) is 49.7 Å². The molecule has 0 spiro atoms. The highest BCUT2D eigenvalue weighted by atomic mass is 16.5. The van der Waals surface area contributed by atoms with E-state index in [4.69, 9.17) is 4.74 Å². The average molecular weight is 172 g/mol. The summed E-state index contributed by atoms with van der Waals surface area (Å²) in [6.07, 6.45) is 2.20. The predicted molar refractivity (Wildman–Crippen MR) is 45.4 cm³/mol. The summed E-state index contributed by atoms with van der Waals surface area (Å²) < 4.78 is 4.90. The van der Waals surface area contributed by atoms with Crippen LogP contribution in [0.15, 0.2) is 12.3 Å². The van der Waals surface area contributed by atoms with Gasteiger partial charge in [-0.15, -0.1) is 0 Å². The summed E-state index contributed by atoms with van der Waals surface area (Å²) in [4.78, 5) is 0. The quantitative estimate of drug-likeness (QED) is 0.638. The summed E-state index contributed by atoms with van der Waals surface area (Å²) in [5, 5.41) is 19.1.